The minimum Gasteiger partial charge on any atom is -0.383 e. The zero-order valence-corrected chi connectivity index (χ0v) is 14.3. The monoisotopic (exact) mass is 295 g/mol. The van der Waals surface area contributed by atoms with Gasteiger partial charge in [0.2, 0.25) is 0 Å². The molecule has 0 aliphatic carbocycles. The third-order valence-corrected chi connectivity index (χ3v) is 4.50. The molecule has 122 valence electrons. The molecule has 1 rings (SSSR count). The lowest BCUT2D eigenvalue weighted by atomic mass is 9.75. The van der Waals surface area contributed by atoms with Crippen LogP contribution >= 0.6 is 0 Å². The molecule has 0 saturated carbocycles. The Bertz CT molecular complexity index is 378. The van der Waals surface area contributed by atoms with Crippen molar-refractivity contribution >= 4 is 0 Å². The Balaban J connectivity index is 2.55. The normalized spacial score (nSPS) is 14.3. The molecule has 0 bridgehead atoms. The van der Waals surface area contributed by atoms with Crippen LogP contribution in [0.25, 0.3) is 0 Å². The van der Waals surface area contributed by atoms with Crippen LogP contribution in [0.2, 0.25) is 0 Å². The Morgan fingerprint density at radius 1 is 1.33 bits per heavy atom. The van der Waals surface area contributed by atoms with Crippen LogP contribution in [0.4, 0.5) is 0 Å². The highest BCUT2D eigenvalue weighted by molar-refractivity contribution is 5.04. The van der Waals surface area contributed by atoms with Gasteiger partial charge in [-0.15, -0.1) is 0 Å². The molecule has 0 aromatic carbocycles. The van der Waals surface area contributed by atoms with Crippen molar-refractivity contribution in [2.45, 2.75) is 52.4 Å². The summed E-state index contributed by atoms with van der Waals surface area (Å²) in [5.41, 5.74) is 1.75. The van der Waals surface area contributed by atoms with E-state index >= 15 is 0 Å². The van der Waals surface area contributed by atoms with E-state index in [-0.39, 0.29) is 0 Å². The zero-order chi connectivity index (χ0) is 15.6. The molecule has 4 heteroatoms. The first kappa shape index (κ1) is 18.2. The van der Waals surface area contributed by atoms with Crippen LogP contribution in [-0.2, 0) is 18.2 Å². The topological polar surface area (TPSA) is 39.1 Å². The van der Waals surface area contributed by atoms with Crippen molar-refractivity contribution in [3.05, 3.63) is 18.0 Å². The summed E-state index contributed by atoms with van der Waals surface area (Å²) in [5.74, 6) is 0. The molecule has 1 aromatic heterocycles. The molecule has 1 aromatic rings. The van der Waals surface area contributed by atoms with Gasteiger partial charge in [-0.1, -0.05) is 26.7 Å². The van der Waals surface area contributed by atoms with E-state index in [4.69, 9.17) is 4.74 Å². The largest absolute Gasteiger partial charge is 0.383 e. The lowest BCUT2D eigenvalue weighted by molar-refractivity contribution is 0.177. The predicted octanol–water partition coefficient (Wildman–Crippen LogP) is 3.18. The molecule has 21 heavy (non-hydrogen) atoms. The maximum atomic E-state index is 5.13. The first-order valence-electron chi connectivity index (χ1n) is 8.33. The fraction of sp³-hybridized carbons (Fsp3) is 0.824. The molecule has 0 radical (unpaired) electrons. The second-order valence-electron chi connectivity index (χ2n) is 6.15. The van der Waals surface area contributed by atoms with Gasteiger partial charge in [-0.2, -0.15) is 5.10 Å². The van der Waals surface area contributed by atoms with Gasteiger partial charge in [0.1, 0.15) is 0 Å². The molecule has 1 atom stereocenters. The summed E-state index contributed by atoms with van der Waals surface area (Å²) < 4.78 is 7.02. The average Bonchev–Trinajstić information content (AvgIpc) is 2.92. The number of nitrogens with zero attached hydrogens (tertiary/aromatic N) is 2. The third kappa shape index (κ3) is 6.62. The van der Waals surface area contributed by atoms with Gasteiger partial charge in [0.25, 0.3) is 0 Å². The molecule has 1 unspecified atom stereocenters. The first-order valence-corrected chi connectivity index (χ1v) is 8.33. The minimum atomic E-state index is 0.402. The Labute approximate surface area is 130 Å². The number of hydrogen-bond donors (Lipinski definition) is 1. The number of hydrogen-bond acceptors (Lipinski definition) is 3. The smallest absolute Gasteiger partial charge is 0.0587 e. The standard InChI is InChI=1S/C17H33N3O/c1-5-7-9-17(6-2,15-18-11-12-21-4)10-8-16-13-19-20(3)14-16/h13-14,18H,5-12,15H2,1-4H3. The van der Waals surface area contributed by atoms with Crippen LogP contribution in [-0.4, -0.2) is 36.6 Å². The fourth-order valence-electron chi connectivity index (χ4n) is 2.87. The Kier molecular flexibility index (Phi) is 8.62. The maximum Gasteiger partial charge on any atom is 0.0587 e. The third-order valence-electron chi connectivity index (χ3n) is 4.50. The summed E-state index contributed by atoms with van der Waals surface area (Å²) in [4.78, 5) is 0. The van der Waals surface area contributed by atoms with Crippen LogP contribution in [0.15, 0.2) is 12.4 Å². The van der Waals surface area contributed by atoms with Crippen molar-refractivity contribution in [1.29, 1.82) is 0 Å². The fourth-order valence-corrected chi connectivity index (χ4v) is 2.87. The van der Waals surface area contributed by atoms with Gasteiger partial charge >= 0.3 is 0 Å². The lowest BCUT2D eigenvalue weighted by Gasteiger charge is -2.33. The van der Waals surface area contributed by atoms with Crippen LogP contribution in [0.3, 0.4) is 0 Å². The zero-order valence-electron chi connectivity index (χ0n) is 14.3. The van der Waals surface area contributed by atoms with Gasteiger partial charge in [0.05, 0.1) is 12.8 Å². The molecule has 1 N–H and O–H groups in total. The minimum absolute atomic E-state index is 0.402. The SMILES string of the molecule is CCCCC(CC)(CCc1cnn(C)c1)CNCCOC. The maximum absolute atomic E-state index is 5.13. The van der Waals surface area contributed by atoms with Crippen molar-refractivity contribution < 1.29 is 4.74 Å². The summed E-state index contributed by atoms with van der Waals surface area (Å²) in [6.07, 6.45) is 11.6. The molecule has 1 heterocycles. The number of rotatable bonds is 12. The molecule has 0 aliphatic heterocycles. The number of aromatic nitrogens is 2. The molecular weight excluding hydrogens is 262 g/mol. The predicted molar refractivity (Wildman–Crippen MR) is 88.5 cm³/mol. The lowest BCUT2D eigenvalue weighted by Crippen LogP contribution is -2.36. The Morgan fingerprint density at radius 2 is 2.14 bits per heavy atom. The summed E-state index contributed by atoms with van der Waals surface area (Å²) in [7, 11) is 3.74. The van der Waals surface area contributed by atoms with Crippen molar-refractivity contribution in [2.75, 3.05) is 26.8 Å². The van der Waals surface area contributed by atoms with Gasteiger partial charge in [-0.3, -0.25) is 4.68 Å². The van der Waals surface area contributed by atoms with E-state index in [2.05, 4.69) is 30.5 Å². The van der Waals surface area contributed by atoms with E-state index in [9.17, 15) is 0 Å². The number of nitrogens with one attached hydrogen (secondary N) is 1. The number of unbranched alkanes of at least 4 members (excludes halogenated alkanes) is 1. The molecule has 4 nitrogen and oxygen atoms in total. The summed E-state index contributed by atoms with van der Waals surface area (Å²) in [6.45, 7) is 7.43. The molecule has 0 saturated heterocycles. The van der Waals surface area contributed by atoms with Gasteiger partial charge in [0.15, 0.2) is 0 Å². The van der Waals surface area contributed by atoms with Crippen molar-refractivity contribution in [1.82, 2.24) is 15.1 Å². The Morgan fingerprint density at radius 3 is 2.71 bits per heavy atom. The van der Waals surface area contributed by atoms with Gasteiger partial charge in [-0.05, 0) is 36.7 Å². The van der Waals surface area contributed by atoms with E-state index in [0.717, 1.165) is 26.1 Å². The second kappa shape index (κ2) is 9.96. The number of ether oxygens (including phenoxy) is 1. The first-order chi connectivity index (χ1) is 10.2. The average molecular weight is 295 g/mol. The van der Waals surface area contributed by atoms with Crippen LogP contribution in [0.1, 0.15) is 51.5 Å². The highest BCUT2D eigenvalue weighted by Gasteiger charge is 2.27. The van der Waals surface area contributed by atoms with E-state index in [1.165, 1.54) is 37.7 Å². The quantitative estimate of drug-likeness (QED) is 0.602. The summed E-state index contributed by atoms with van der Waals surface area (Å²) >= 11 is 0. The Hall–Kier alpha value is -0.870. The second-order valence-corrected chi connectivity index (χ2v) is 6.15. The number of aryl methyl sites for hydroxylation is 2. The van der Waals surface area contributed by atoms with Crippen molar-refractivity contribution in [3.8, 4) is 0 Å². The van der Waals surface area contributed by atoms with E-state index in [0.29, 0.717) is 5.41 Å². The van der Waals surface area contributed by atoms with Crippen molar-refractivity contribution in [2.24, 2.45) is 12.5 Å². The van der Waals surface area contributed by atoms with Crippen LogP contribution < -0.4 is 5.32 Å². The molecular formula is C17H33N3O. The summed E-state index contributed by atoms with van der Waals surface area (Å²) in [6, 6.07) is 0. The molecule has 0 aliphatic rings. The molecule has 0 amide bonds. The van der Waals surface area contributed by atoms with Crippen LogP contribution in [0, 0.1) is 5.41 Å². The summed E-state index contributed by atoms with van der Waals surface area (Å²) in [5, 5.41) is 7.86. The van der Waals surface area contributed by atoms with Crippen molar-refractivity contribution in [3.63, 3.8) is 0 Å². The number of methoxy groups -OCH3 is 1. The van der Waals surface area contributed by atoms with E-state index in [1.807, 2.05) is 17.9 Å². The van der Waals surface area contributed by atoms with E-state index < -0.39 is 0 Å². The molecule has 0 spiro atoms. The highest BCUT2D eigenvalue weighted by atomic mass is 16.5. The molecule has 0 fully saturated rings. The van der Waals surface area contributed by atoms with Gasteiger partial charge < -0.3 is 10.1 Å². The van der Waals surface area contributed by atoms with Crippen LogP contribution in [0.5, 0.6) is 0 Å². The van der Waals surface area contributed by atoms with Gasteiger partial charge in [0, 0.05) is 33.4 Å². The van der Waals surface area contributed by atoms with E-state index in [1.54, 1.807) is 7.11 Å². The highest BCUT2D eigenvalue weighted by Crippen LogP contribution is 2.33. The van der Waals surface area contributed by atoms with Gasteiger partial charge in [-0.25, -0.2) is 0 Å².